The lowest BCUT2D eigenvalue weighted by Gasteiger charge is -2.32. The van der Waals surface area contributed by atoms with Crippen LogP contribution in [-0.2, 0) is 0 Å². The summed E-state index contributed by atoms with van der Waals surface area (Å²) < 4.78 is 0. The highest BCUT2D eigenvalue weighted by Crippen LogP contribution is 2.25. The highest BCUT2D eigenvalue weighted by molar-refractivity contribution is 6.22. The third-order valence-electron chi connectivity index (χ3n) is 4.61. The Morgan fingerprint density at radius 3 is 2.64 bits per heavy atom. The average molecular weight is 366 g/mol. The Bertz CT molecular complexity index is 692. The maximum Gasteiger partial charge on any atom is 0.261 e. The van der Waals surface area contributed by atoms with E-state index in [0.717, 1.165) is 19.4 Å². The van der Waals surface area contributed by atoms with Crippen LogP contribution >= 0.6 is 12.4 Å². The summed E-state index contributed by atoms with van der Waals surface area (Å²) in [5, 5.41) is 3.30. The van der Waals surface area contributed by atoms with Crippen molar-refractivity contribution >= 4 is 30.1 Å². The van der Waals surface area contributed by atoms with E-state index >= 15 is 0 Å². The fraction of sp³-hybridized carbons (Fsp3) is 0.500. The molecule has 3 amide bonds. The molecule has 0 bridgehead atoms. The number of amides is 3. The summed E-state index contributed by atoms with van der Waals surface area (Å²) in [6, 6.07) is 5.10. The molecule has 1 aromatic carbocycles. The zero-order chi connectivity index (χ0) is 17.3. The Balaban J connectivity index is 0.00000225. The SMILES string of the molecule is CCCCN1C(=O)c2ccc(C(=O)N3CCNC(C)C3)cc2C1=O.Cl. The Labute approximate surface area is 154 Å². The van der Waals surface area contributed by atoms with Gasteiger partial charge in [-0.25, -0.2) is 0 Å². The van der Waals surface area contributed by atoms with E-state index < -0.39 is 0 Å². The van der Waals surface area contributed by atoms with E-state index in [0.29, 0.717) is 36.3 Å². The first kappa shape index (κ1) is 19.4. The predicted molar refractivity (Wildman–Crippen MR) is 97.3 cm³/mol. The summed E-state index contributed by atoms with van der Waals surface area (Å²) in [7, 11) is 0. The van der Waals surface area contributed by atoms with Crippen LogP contribution in [0.1, 0.15) is 57.8 Å². The van der Waals surface area contributed by atoms with E-state index in [1.807, 2.05) is 13.8 Å². The first-order valence-corrected chi connectivity index (χ1v) is 8.55. The number of imide groups is 1. The lowest BCUT2D eigenvalue weighted by molar-refractivity contribution is 0.0651. The highest BCUT2D eigenvalue weighted by Gasteiger charge is 2.35. The van der Waals surface area contributed by atoms with Gasteiger partial charge in [0.2, 0.25) is 0 Å². The van der Waals surface area contributed by atoms with Crippen LogP contribution in [-0.4, -0.2) is 59.7 Å². The Morgan fingerprint density at radius 1 is 1.24 bits per heavy atom. The van der Waals surface area contributed by atoms with Crippen molar-refractivity contribution in [3.8, 4) is 0 Å². The third kappa shape index (κ3) is 3.70. The molecule has 2 aliphatic heterocycles. The van der Waals surface area contributed by atoms with E-state index in [-0.39, 0.29) is 36.2 Å². The lowest BCUT2D eigenvalue weighted by atomic mass is 10.0. The van der Waals surface area contributed by atoms with Crippen LogP contribution < -0.4 is 5.32 Å². The van der Waals surface area contributed by atoms with E-state index in [2.05, 4.69) is 5.32 Å². The fourth-order valence-corrected chi connectivity index (χ4v) is 3.24. The van der Waals surface area contributed by atoms with Crippen LogP contribution in [0.25, 0.3) is 0 Å². The van der Waals surface area contributed by atoms with Crippen LogP contribution in [0.2, 0.25) is 0 Å². The average Bonchev–Trinajstić information content (AvgIpc) is 2.83. The first-order chi connectivity index (χ1) is 11.5. The van der Waals surface area contributed by atoms with Gasteiger partial charge >= 0.3 is 0 Å². The third-order valence-corrected chi connectivity index (χ3v) is 4.61. The molecule has 2 heterocycles. The Morgan fingerprint density at radius 2 is 1.96 bits per heavy atom. The molecule has 7 heteroatoms. The Hall–Kier alpha value is -1.92. The molecule has 136 valence electrons. The highest BCUT2D eigenvalue weighted by atomic mass is 35.5. The standard InChI is InChI=1S/C18H23N3O3.ClH/c1-3-4-8-21-17(23)14-6-5-13(10-15(14)18(21)24)16(22)20-9-7-19-12(2)11-20;/h5-6,10,12,19H,3-4,7-9,11H2,1-2H3;1H. The number of fused-ring (bicyclic) bond motifs is 1. The second kappa shape index (κ2) is 7.97. The summed E-state index contributed by atoms with van der Waals surface area (Å²) >= 11 is 0. The number of carbonyl (C=O) groups is 3. The van der Waals surface area contributed by atoms with Gasteiger partial charge in [-0.2, -0.15) is 0 Å². The molecule has 1 fully saturated rings. The number of unbranched alkanes of at least 4 members (excludes halogenated alkanes) is 1. The molecular weight excluding hydrogens is 342 g/mol. The molecule has 1 aromatic rings. The minimum absolute atomic E-state index is 0. The van der Waals surface area contributed by atoms with Gasteiger partial charge in [-0.1, -0.05) is 13.3 Å². The molecule has 1 N–H and O–H groups in total. The van der Waals surface area contributed by atoms with Gasteiger partial charge in [-0.3, -0.25) is 19.3 Å². The number of hydrogen-bond acceptors (Lipinski definition) is 4. The summed E-state index contributed by atoms with van der Waals surface area (Å²) in [5.41, 5.74) is 1.23. The number of hydrogen-bond donors (Lipinski definition) is 1. The van der Waals surface area contributed by atoms with Crippen LogP contribution in [0.15, 0.2) is 18.2 Å². The van der Waals surface area contributed by atoms with Crippen molar-refractivity contribution in [2.24, 2.45) is 0 Å². The summed E-state index contributed by atoms with van der Waals surface area (Å²) in [4.78, 5) is 40.6. The number of nitrogens with zero attached hydrogens (tertiary/aromatic N) is 2. The second-order valence-corrected chi connectivity index (χ2v) is 6.48. The van der Waals surface area contributed by atoms with Crippen LogP contribution in [0.4, 0.5) is 0 Å². The lowest BCUT2D eigenvalue weighted by Crippen LogP contribution is -2.51. The van der Waals surface area contributed by atoms with Crippen molar-refractivity contribution in [1.29, 1.82) is 0 Å². The summed E-state index contributed by atoms with van der Waals surface area (Å²) in [5.74, 6) is -0.622. The van der Waals surface area contributed by atoms with Crippen molar-refractivity contribution in [3.63, 3.8) is 0 Å². The minimum Gasteiger partial charge on any atom is -0.336 e. The Kier molecular flexibility index (Phi) is 6.19. The van der Waals surface area contributed by atoms with E-state index in [1.54, 1.807) is 23.1 Å². The number of carbonyl (C=O) groups excluding carboxylic acids is 3. The zero-order valence-electron chi connectivity index (χ0n) is 14.6. The van der Waals surface area contributed by atoms with Crippen LogP contribution in [0.3, 0.4) is 0 Å². The van der Waals surface area contributed by atoms with E-state index in [1.165, 1.54) is 4.90 Å². The van der Waals surface area contributed by atoms with Crippen molar-refractivity contribution in [3.05, 3.63) is 34.9 Å². The van der Waals surface area contributed by atoms with Gasteiger partial charge in [-0.15, -0.1) is 12.4 Å². The van der Waals surface area contributed by atoms with Gasteiger partial charge in [0.15, 0.2) is 0 Å². The maximum atomic E-state index is 12.7. The molecule has 0 radical (unpaired) electrons. The second-order valence-electron chi connectivity index (χ2n) is 6.48. The van der Waals surface area contributed by atoms with Crippen LogP contribution in [0.5, 0.6) is 0 Å². The fourth-order valence-electron chi connectivity index (χ4n) is 3.24. The largest absolute Gasteiger partial charge is 0.336 e. The van der Waals surface area contributed by atoms with Crippen LogP contribution in [0, 0.1) is 0 Å². The molecule has 0 aromatic heterocycles. The van der Waals surface area contributed by atoms with E-state index in [9.17, 15) is 14.4 Å². The maximum absolute atomic E-state index is 12.7. The molecule has 0 spiro atoms. The number of benzene rings is 1. The quantitative estimate of drug-likeness (QED) is 0.828. The van der Waals surface area contributed by atoms with Gasteiger partial charge in [0, 0.05) is 37.8 Å². The number of halogens is 1. The molecule has 1 saturated heterocycles. The molecule has 6 nitrogen and oxygen atoms in total. The van der Waals surface area contributed by atoms with Gasteiger partial charge in [-0.05, 0) is 31.5 Å². The summed E-state index contributed by atoms with van der Waals surface area (Å²) in [6.45, 7) is 6.54. The molecule has 3 rings (SSSR count). The molecule has 25 heavy (non-hydrogen) atoms. The number of nitrogens with one attached hydrogen (secondary N) is 1. The van der Waals surface area contributed by atoms with Crippen molar-refractivity contribution in [1.82, 2.24) is 15.1 Å². The van der Waals surface area contributed by atoms with Gasteiger partial charge < -0.3 is 10.2 Å². The van der Waals surface area contributed by atoms with Gasteiger partial charge in [0.25, 0.3) is 17.7 Å². The molecule has 0 aliphatic carbocycles. The van der Waals surface area contributed by atoms with Crippen molar-refractivity contribution < 1.29 is 14.4 Å². The van der Waals surface area contributed by atoms with Crippen molar-refractivity contribution in [2.45, 2.75) is 32.7 Å². The van der Waals surface area contributed by atoms with Crippen molar-refractivity contribution in [2.75, 3.05) is 26.2 Å². The molecule has 1 atom stereocenters. The topological polar surface area (TPSA) is 69.7 Å². The van der Waals surface area contributed by atoms with Gasteiger partial charge in [0.1, 0.15) is 0 Å². The predicted octanol–water partition coefficient (Wildman–Crippen LogP) is 1.94. The minimum atomic E-state index is -0.285. The molecule has 0 saturated carbocycles. The molecule has 1 unspecified atom stereocenters. The molecule has 2 aliphatic rings. The number of rotatable bonds is 4. The zero-order valence-corrected chi connectivity index (χ0v) is 15.4. The smallest absolute Gasteiger partial charge is 0.261 e. The number of piperazine rings is 1. The monoisotopic (exact) mass is 365 g/mol. The summed E-state index contributed by atoms with van der Waals surface area (Å²) in [6.07, 6.45) is 1.70. The molecular formula is C18H24ClN3O3. The first-order valence-electron chi connectivity index (χ1n) is 8.55. The normalized spacial score (nSPS) is 19.7. The van der Waals surface area contributed by atoms with Gasteiger partial charge in [0.05, 0.1) is 11.1 Å². The van der Waals surface area contributed by atoms with E-state index in [4.69, 9.17) is 0 Å².